The molecule has 0 unspecified atom stereocenters. The second-order valence-electron chi connectivity index (χ2n) is 5.53. The lowest BCUT2D eigenvalue weighted by Crippen LogP contribution is -2.14. The molecule has 0 aliphatic carbocycles. The fourth-order valence-electron chi connectivity index (χ4n) is 2.27. The van der Waals surface area contributed by atoms with Crippen molar-refractivity contribution in [1.82, 2.24) is 10.2 Å². The molecular formula is C17H17N3O4S2. The Balaban J connectivity index is 1.58. The summed E-state index contributed by atoms with van der Waals surface area (Å²) < 4.78 is 29.0. The van der Waals surface area contributed by atoms with Crippen LogP contribution in [0, 0.1) is 0 Å². The molecule has 3 rings (SSSR count). The Bertz CT molecular complexity index is 977. The summed E-state index contributed by atoms with van der Waals surface area (Å²) >= 11 is 1.59. The van der Waals surface area contributed by atoms with Crippen LogP contribution in [0.1, 0.15) is 23.3 Å². The SMILES string of the molecule is CCS(=O)(=O)c1ccc(CC(=O)Nc2nnc(Cc3cccs3)o2)cc1. The highest BCUT2D eigenvalue weighted by atomic mass is 32.2. The van der Waals surface area contributed by atoms with E-state index in [1.165, 1.54) is 12.1 Å². The van der Waals surface area contributed by atoms with Crippen molar-refractivity contribution < 1.29 is 17.6 Å². The van der Waals surface area contributed by atoms with E-state index in [1.807, 2.05) is 17.5 Å². The Labute approximate surface area is 155 Å². The largest absolute Gasteiger partial charge is 0.407 e. The van der Waals surface area contributed by atoms with Gasteiger partial charge in [-0.2, -0.15) is 0 Å². The normalized spacial score (nSPS) is 11.4. The maximum Gasteiger partial charge on any atom is 0.322 e. The van der Waals surface area contributed by atoms with Crippen LogP contribution in [0.15, 0.2) is 51.1 Å². The van der Waals surface area contributed by atoms with E-state index in [2.05, 4.69) is 15.5 Å². The smallest absolute Gasteiger partial charge is 0.322 e. The van der Waals surface area contributed by atoms with Gasteiger partial charge in [0.25, 0.3) is 0 Å². The average Bonchev–Trinajstić information content (AvgIpc) is 3.28. The molecule has 0 saturated heterocycles. The Kier molecular flexibility index (Phi) is 5.48. The summed E-state index contributed by atoms with van der Waals surface area (Å²) in [6.07, 6.45) is 0.600. The van der Waals surface area contributed by atoms with Crippen molar-refractivity contribution in [2.75, 3.05) is 11.1 Å². The first kappa shape index (κ1) is 18.3. The first-order chi connectivity index (χ1) is 12.5. The van der Waals surface area contributed by atoms with Crippen LogP contribution in [0.3, 0.4) is 0 Å². The summed E-state index contributed by atoms with van der Waals surface area (Å²) in [5.41, 5.74) is 0.691. The summed E-state index contributed by atoms with van der Waals surface area (Å²) in [4.78, 5) is 13.4. The van der Waals surface area contributed by atoms with Crippen molar-refractivity contribution in [2.45, 2.75) is 24.7 Å². The lowest BCUT2D eigenvalue weighted by Gasteiger charge is -2.04. The van der Waals surface area contributed by atoms with Crippen molar-refractivity contribution in [3.8, 4) is 0 Å². The van der Waals surface area contributed by atoms with Gasteiger partial charge in [-0.3, -0.25) is 10.1 Å². The van der Waals surface area contributed by atoms with Crippen molar-refractivity contribution in [2.24, 2.45) is 0 Å². The third-order valence-electron chi connectivity index (χ3n) is 3.65. The predicted octanol–water partition coefficient (Wildman–Crippen LogP) is 2.70. The molecule has 7 nitrogen and oxygen atoms in total. The van der Waals surface area contributed by atoms with Crippen LogP contribution in [0.4, 0.5) is 6.01 Å². The molecule has 0 saturated carbocycles. The zero-order valence-electron chi connectivity index (χ0n) is 14.0. The van der Waals surface area contributed by atoms with Crippen LogP contribution in [-0.2, 0) is 27.5 Å². The molecule has 1 amide bonds. The fraction of sp³-hybridized carbons (Fsp3) is 0.235. The molecule has 0 aliphatic heterocycles. The second-order valence-corrected chi connectivity index (χ2v) is 8.84. The number of thiophene rings is 1. The lowest BCUT2D eigenvalue weighted by molar-refractivity contribution is -0.115. The topological polar surface area (TPSA) is 102 Å². The Morgan fingerprint density at radius 3 is 2.62 bits per heavy atom. The van der Waals surface area contributed by atoms with Gasteiger partial charge >= 0.3 is 6.01 Å². The van der Waals surface area contributed by atoms with Crippen LogP contribution >= 0.6 is 11.3 Å². The third-order valence-corrected chi connectivity index (χ3v) is 6.27. The van der Waals surface area contributed by atoms with Gasteiger partial charge in [0.1, 0.15) is 0 Å². The number of amides is 1. The molecule has 1 N–H and O–H groups in total. The molecule has 2 heterocycles. The molecule has 0 spiro atoms. The fourth-order valence-corrected chi connectivity index (χ4v) is 3.85. The van der Waals surface area contributed by atoms with E-state index >= 15 is 0 Å². The average molecular weight is 391 g/mol. The highest BCUT2D eigenvalue weighted by molar-refractivity contribution is 7.91. The number of carbonyl (C=O) groups is 1. The minimum atomic E-state index is -3.24. The number of sulfone groups is 1. The molecule has 1 aromatic carbocycles. The number of rotatable bonds is 7. The Morgan fingerprint density at radius 2 is 1.96 bits per heavy atom. The van der Waals surface area contributed by atoms with Crippen molar-refractivity contribution in [3.05, 3.63) is 58.1 Å². The predicted molar refractivity (Wildman–Crippen MR) is 97.9 cm³/mol. The zero-order valence-corrected chi connectivity index (χ0v) is 15.6. The number of anilines is 1. The van der Waals surface area contributed by atoms with Crippen LogP contribution in [0.2, 0.25) is 0 Å². The van der Waals surface area contributed by atoms with Gasteiger partial charge in [0, 0.05) is 4.88 Å². The summed E-state index contributed by atoms with van der Waals surface area (Å²) in [5.74, 6) is 0.150. The minimum absolute atomic E-state index is 0.0395. The van der Waals surface area contributed by atoms with E-state index in [-0.39, 0.29) is 29.0 Å². The minimum Gasteiger partial charge on any atom is -0.407 e. The second kappa shape index (κ2) is 7.79. The first-order valence-electron chi connectivity index (χ1n) is 7.92. The molecular weight excluding hydrogens is 374 g/mol. The van der Waals surface area contributed by atoms with Crippen molar-refractivity contribution in [3.63, 3.8) is 0 Å². The molecule has 2 aromatic heterocycles. The summed E-state index contributed by atoms with van der Waals surface area (Å²) in [7, 11) is -3.24. The van der Waals surface area contributed by atoms with Gasteiger partial charge in [0.2, 0.25) is 11.8 Å². The molecule has 26 heavy (non-hydrogen) atoms. The summed E-state index contributed by atoms with van der Waals surface area (Å²) in [6.45, 7) is 1.59. The number of hydrogen-bond acceptors (Lipinski definition) is 7. The van der Waals surface area contributed by atoms with E-state index in [0.29, 0.717) is 17.9 Å². The molecule has 0 radical (unpaired) electrons. The molecule has 9 heteroatoms. The highest BCUT2D eigenvalue weighted by Crippen LogP contribution is 2.16. The van der Waals surface area contributed by atoms with Crippen LogP contribution in [0.25, 0.3) is 0 Å². The molecule has 3 aromatic rings. The van der Waals surface area contributed by atoms with Gasteiger partial charge in [-0.15, -0.1) is 16.4 Å². The van der Waals surface area contributed by atoms with Crippen molar-refractivity contribution >= 4 is 33.1 Å². The standard InChI is InChI=1S/C17H17N3O4S2/c1-2-26(22,23)14-7-5-12(6-8-14)10-15(21)18-17-20-19-16(24-17)11-13-4-3-9-25-13/h3-9H,2,10-11H2,1H3,(H,18,20,21). The van der Waals surface area contributed by atoms with Gasteiger partial charge in [0.15, 0.2) is 9.84 Å². The maximum atomic E-state index is 12.1. The Morgan fingerprint density at radius 1 is 1.19 bits per heavy atom. The van der Waals surface area contributed by atoms with E-state index in [1.54, 1.807) is 30.4 Å². The van der Waals surface area contributed by atoms with Crippen molar-refractivity contribution in [1.29, 1.82) is 0 Å². The number of nitrogens with zero attached hydrogens (tertiary/aromatic N) is 2. The summed E-state index contributed by atoms with van der Waals surface area (Å²) in [5, 5.41) is 12.2. The van der Waals surface area contributed by atoms with Crippen LogP contribution < -0.4 is 5.32 Å². The monoisotopic (exact) mass is 391 g/mol. The summed E-state index contributed by atoms with van der Waals surface area (Å²) in [6, 6.07) is 10.2. The molecule has 136 valence electrons. The van der Waals surface area contributed by atoms with Crippen LogP contribution in [-0.4, -0.2) is 30.3 Å². The third kappa shape index (κ3) is 4.55. The quantitative estimate of drug-likeness (QED) is 0.664. The molecule has 0 aliphatic rings. The molecule has 0 bridgehead atoms. The Hall–Kier alpha value is -2.52. The van der Waals surface area contributed by atoms with Crippen LogP contribution in [0.5, 0.6) is 0 Å². The van der Waals surface area contributed by atoms with E-state index < -0.39 is 9.84 Å². The number of benzene rings is 1. The van der Waals surface area contributed by atoms with Gasteiger partial charge < -0.3 is 4.42 Å². The number of hydrogen-bond donors (Lipinski definition) is 1. The molecule has 0 fully saturated rings. The van der Waals surface area contributed by atoms with E-state index in [9.17, 15) is 13.2 Å². The van der Waals surface area contributed by atoms with E-state index in [4.69, 9.17) is 4.42 Å². The first-order valence-corrected chi connectivity index (χ1v) is 10.5. The van der Waals surface area contributed by atoms with Gasteiger partial charge in [-0.05, 0) is 29.1 Å². The van der Waals surface area contributed by atoms with Gasteiger partial charge in [0.05, 0.1) is 23.5 Å². The highest BCUT2D eigenvalue weighted by Gasteiger charge is 2.13. The maximum absolute atomic E-state index is 12.1. The number of nitrogens with one attached hydrogen (secondary N) is 1. The van der Waals surface area contributed by atoms with Gasteiger partial charge in [-0.25, -0.2) is 8.42 Å². The zero-order chi connectivity index (χ0) is 18.6. The van der Waals surface area contributed by atoms with Gasteiger partial charge in [-0.1, -0.05) is 30.2 Å². The number of aromatic nitrogens is 2. The molecule has 0 atom stereocenters. The number of carbonyl (C=O) groups excluding carboxylic acids is 1. The lowest BCUT2D eigenvalue weighted by atomic mass is 10.1. The van der Waals surface area contributed by atoms with E-state index in [0.717, 1.165) is 4.88 Å².